The molecular weight excluding hydrogens is 320 g/mol. The second-order valence-electron chi connectivity index (χ2n) is 4.84. The fourth-order valence-corrected chi connectivity index (χ4v) is 2.53. The van der Waals surface area contributed by atoms with E-state index in [-0.39, 0.29) is 28.5 Å². The van der Waals surface area contributed by atoms with Crippen molar-refractivity contribution in [2.75, 3.05) is 20.6 Å². The molecule has 1 aromatic carbocycles. The van der Waals surface area contributed by atoms with Crippen LogP contribution in [-0.2, 0) is 11.3 Å². The third-order valence-electron chi connectivity index (χ3n) is 3.41. The van der Waals surface area contributed by atoms with Crippen molar-refractivity contribution in [3.05, 3.63) is 33.6 Å². The van der Waals surface area contributed by atoms with Crippen LogP contribution in [0, 0.1) is 5.82 Å². The number of carbonyl (C=O) groups excluding carboxylic acids is 2. The topological polar surface area (TPSA) is 52.7 Å². The van der Waals surface area contributed by atoms with Crippen LogP contribution < -0.4 is 5.32 Å². The van der Waals surface area contributed by atoms with Gasteiger partial charge in [0.15, 0.2) is 0 Å². The summed E-state index contributed by atoms with van der Waals surface area (Å²) in [6.45, 7) is 0.430. The minimum atomic E-state index is -0.612. The second kappa shape index (κ2) is 6.07. The zero-order chi connectivity index (χ0) is 15.7. The number of likely N-dealkylation sites (N-methyl/N-ethyl adjacent to an activating group) is 2. The van der Waals surface area contributed by atoms with Crippen molar-refractivity contribution in [1.29, 1.82) is 0 Å². The van der Waals surface area contributed by atoms with E-state index in [9.17, 15) is 14.0 Å². The predicted octanol–water partition coefficient (Wildman–Crippen LogP) is 2.11. The Labute approximate surface area is 131 Å². The van der Waals surface area contributed by atoms with Gasteiger partial charge in [0.25, 0.3) is 0 Å². The fourth-order valence-electron chi connectivity index (χ4n) is 2.12. The Bertz CT molecular complexity index is 597. The predicted molar refractivity (Wildman–Crippen MR) is 77.8 cm³/mol. The van der Waals surface area contributed by atoms with Gasteiger partial charge in [-0.2, -0.15) is 0 Å². The molecule has 1 aliphatic heterocycles. The lowest BCUT2D eigenvalue weighted by atomic mass is 10.2. The summed E-state index contributed by atoms with van der Waals surface area (Å²) in [6.07, 6.45) is 0. The Morgan fingerprint density at radius 3 is 2.62 bits per heavy atom. The van der Waals surface area contributed by atoms with Crippen LogP contribution in [0.2, 0.25) is 10.0 Å². The number of rotatable bonds is 3. The van der Waals surface area contributed by atoms with Crippen molar-refractivity contribution in [2.24, 2.45) is 0 Å². The first kappa shape index (κ1) is 15.9. The number of carbonyl (C=O) groups is 2. The third-order valence-corrected chi connectivity index (χ3v) is 4.31. The SMILES string of the molecule is CN1CC(C(=O)NCc2ccc(F)c(Cl)c2Cl)N(C)C1=O. The molecule has 1 aromatic rings. The Hall–Kier alpha value is -1.53. The highest BCUT2D eigenvalue weighted by Gasteiger charge is 2.36. The summed E-state index contributed by atoms with van der Waals surface area (Å²) in [4.78, 5) is 26.6. The first-order valence-electron chi connectivity index (χ1n) is 6.21. The zero-order valence-electron chi connectivity index (χ0n) is 11.5. The molecule has 1 atom stereocenters. The summed E-state index contributed by atoms with van der Waals surface area (Å²) in [6, 6.07) is 1.88. The summed E-state index contributed by atoms with van der Waals surface area (Å²) in [7, 11) is 3.19. The van der Waals surface area contributed by atoms with Gasteiger partial charge in [0.2, 0.25) is 5.91 Å². The molecule has 1 unspecified atom stereocenters. The lowest BCUT2D eigenvalue weighted by Gasteiger charge is -2.17. The molecule has 0 radical (unpaired) electrons. The fraction of sp³-hybridized carbons (Fsp3) is 0.385. The molecule has 114 valence electrons. The summed E-state index contributed by atoms with van der Waals surface area (Å²) < 4.78 is 13.2. The number of halogens is 3. The lowest BCUT2D eigenvalue weighted by Crippen LogP contribution is -2.43. The van der Waals surface area contributed by atoms with Crippen molar-refractivity contribution < 1.29 is 14.0 Å². The van der Waals surface area contributed by atoms with Crippen LogP contribution in [0.25, 0.3) is 0 Å². The van der Waals surface area contributed by atoms with Gasteiger partial charge in [-0.15, -0.1) is 0 Å². The molecule has 0 aromatic heterocycles. The summed E-state index contributed by atoms with van der Waals surface area (Å²) in [5, 5.41) is 2.58. The monoisotopic (exact) mass is 333 g/mol. The Morgan fingerprint density at radius 2 is 2.05 bits per heavy atom. The van der Waals surface area contributed by atoms with Crippen molar-refractivity contribution in [3.63, 3.8) is 0 Å². The van der Waals surface area contributed by atoms with Crippen molar-refractivity contribution >= 4 is 35.1 Å². The molecule has 0 spiro atoms. The number of amides is 3. The molecule has 1 heterocycles. The van der Waals surface area contributed by atoms with E-state index in [1.165, 1.54) is 21.9 Å². The Kier molecular flexibility index (Phi) is 4.58. The molecule has 5 nitrogen and oxygen atoms in total. The van der Waals surface area contributed by atoms with Crippen LogP contribution in [0.15, 0.2) is 12.1 Å². The smallest absolute Gasteiger partial charge is 0.320 e. The molecule has 0 aliphatic carbocycles. The maximum absolute atomic E-state index is 13.2. The van der Waals surface area contributed by atoms with Gasteiger partial charge in [-0.1, -0.05) is 29.3 Å². The molecule has 1 N–H and O–H groups in total. The normalized spacial score (nSPS) is 18.3. The van der Waals surface area contributed by atoms with Gasteiger partial charge in [0.1, 0.15) is 11.9 Å². The van der Waals surface area contributed by atoms with Crippen molar-refractivity contribution in [2.45, 2.75) is 12.6 Å². The molecule has 3 amide bonds. The van der Waals surface area contributed by atoms with E-state index in [1.54, 1.807) is 14.1 Å². The molecule has 1 aliphatic rings. The van der Waals surface area contributed by atoms with Crippen LogP contribution in [0.4, 0.5) is 9.18 Å². The Morgan fingerprint density at radius 1 is 1.38 bits per heavy atom. The highest BCUT2D eigenvalue weighted by Crippen LogP contribution is 2.28. The second-order valence-corrected chi connectivity index (χ2v) is 5.60. The van der Waals surface area contributed by atoms with E-state index in [1.807, 2.05) is 0 Å². The van der Waals surface area contributed by atoms with Crippen LogP contribution in [0.1, 0.15) is 5.56 Å². The third kappa shape index (κ3) is 3.06. The number of urea groups is 1. The minimum absolute atomic E-state index is 0.0740. The van der Waals surface area contributed by atoms with Crippen LogP contribution in [0.5, 0.6) is 0 Å². The summed E-state index contributed by atoms with van der Waals surface area (Å²) in [5.74, 6) is -0.911. The molecular formula is C13H14Cl2FN3O2. The zero-order valence-corrected chi connectivity index (χ0v) is 13.0. The molecule has 1 saturated heterocycles. The summed E-state index contributed by atoms with van der Waals surface area (Å²) >= 11 is 11.6. The lowest BCUT2D eigenvalue weighted by molar-refractivity contribution is -0.124. The average molecular weight is 334 g/mol. The maximum Gasteiger partial charge on any atom is 0.320 e. The molecule has 0 saturated carbocycles. The molecule has 0 bridgehead atoms. The van der Waals surface area contributed by atoms with E-state index < -0.39 is 11.9 Å². The molecule has 21 heavy (non-hydrogen) atoms. The number of benzene rings is 1. The number of hydrogen-bond donors (Lipinski definition) is 1. The quantitative estimate of drug-likeness (QED) is 0.861. The van der Waals surface area contributed by atoms with E-state index >= 15 is 0 Å². The van der Waals surface area contributed by atoms with E-state index in [4.69, 9.17) is 23.2 Å². The molecule has 2 rings (SSSR count). The standard InChI is InChI=1S/C13H14Cl2FN3O2/c1-18-6-9(19(2)13(18)21)12(20)17-5-7-3-4-8(16)11(15)10(7)14/h3-4,9H,5-6H2,1-2H3,(H,17,20). The van der Waals surface area contributed by atoms with Gasteiger partial charge >= 0.3 is 6.03 Å². The van der Waals surface area contributed by atoms with Crippen LogP contribution in [-0.4, -0.2) is 48.4 Å². The van der Waals surface area contributed by atoms with Gasteiger partial charge in [0.05, 0.1) is 16.6 Å². The highest BCUT2D eigenvalue weighted by atomic mass is 35.5. The number of nitrogens with one attached hydrogen (secondary N) is 1. The van der Waals surface area contributed by atoms with Gasteiger partial charge in [-0.05, 0) is 11.6 Å². The first-order chi connectivity index (χ1) is 9.82. The van der Waals surface area contributed by atoms with E-state index in [0.717, 1.165) is 0 Å². The van der Waals surface area contributed by atoms with Crippen LogP contribution >= 0.6 is 23.2 Å². The molecule has 8 heteroatoms. The van der Waals surface area contributed by atoms with Gasteiger partial charge in [-0.3, -0.25) is 4.79 Å². The van der Waals surface area contributed by atoms with E-state index in [0.29, 0.717) is 12.1 Å². The van der Waals surface area contributed by atoms with Crippen molar-refractivity contribution in [1.82, 2.24) is 15.1 Å². The van der Waals surface area contributed by atoms with Gasteiger partial charge in [0, 0.05) is 20.6 Å². The number of hydrogen-bond acceptors (Lipinski definition) is 2. The Balaban J connectivity index is 2.02. The molecule has 1 fully saturated rings. The summed E-state index contributed by atoms with van der Waals surface area (Å²) in [5.41, 5.74) is 0.511. The maximum atomic E-state index is 13.2. The first-order valence-corrected chi connectivity index (χ1v) is 6.96. The van der Waals surface area contributed by atoms with Crippen LogP contribution in [0.3, 0.4) is 0 Å². The van der Waals surface area contributed by atoms with Gasteiger partial charge in [-0.25, -0.2) is 9.18 Å². The van der Waals surface area contributed by atoms with Gasteiger partial charge < -0.3 is 15.1 Å². The largest absolute Gasteiger partial charge is 0.350 e. The van der Waals surface area contributed by atoms with Crippen molar-refractivity contribution in [3.8, 4) is 0 Å². The number of nitrogens with zero attached hydrogens (tertiary/aromatic N) is 2. The van der Waals surface area contributed by atoms with E-state index in [2.05, 4.69) is 5.32 Å². The minimum Gasteiger partial charge on any atom is -0.350 e. The highest BCUT2D eigenvalue weighted by molar-refractivity contribution is 6.42. The average Bonchev–Trinajstić information content (AvgIpc) is 2.71.